The Morgan fingerprint density at radius 1 is 1.00 bits per heavy atom. The van der Waals surface area contributed by atoms with E-state index >= 15 is 0 Å². The van der Waals surface area contributed by atoms with Crippen LogP contribution in [0, 0.1) is 0 Å². The third-order valence-corrected chi connectivity index (χ3v) is 3.58. The van der Waals surface area contributed by atoms with Crippen molar-refractivity contribution in [1.29, 1.82) is 0 Å². The first-order valence-electron chi connectivity index (χ1n) is 7.05. The molecule has 1 aromatic carbocycles. The van der Waals surface area contributed by atoms with Gasteiger partial charge in [0, 0.05) is 30.5 Å². The van der Waals surface area contributed by atoms with E-state index in [2.05, 4.69) is 26.7 Å². The quantitative estimate of drug-likeness (QED) is 0.780. The van der Waals surface area contributed by atoms with E-state index < -0.39 is 0 Å². The second kappa shape index (κ2) is 6.33. The average Bonchev–Trinajstić information content (AvgIpc) is 3.03. The van der Waals surface area contributed by atoms with Gasteiger partial charge >= 0.3 is 0 Å². The lowest BCUT2D eigenvalue weighted by Crippen LogP contribution is -2.13. The normalized spacial score (nSPS) is 12.2. The SMILES string of the molecule is NC(CCn1cncc1-c1cccnc1)c1ccccc1. The number of aryl methyl sites for hydroxylation is 1. The third kappa shape index (κ3) is 3.17. The Morgan fingerprint density at radius 3 is 2.62 bits per heavy atom. The fraction of sp³-hybridized carbons (Fsp3) is 0.176. The molecule has 2 heterocycles. The first-order valence-corrected chi connectivity index (χ1v) is 7.05. The van der Waals surface area contributed by atoms with Crippen LogP contribution in [0.5, 0.6) is 0 Å². The second-order valence-electron chi connectivity index (χ2n) is 5.02. The molecule has 2 aromatic heterocycles. The van der Waals surface area contributed by atoms with Crippen molar-refractivity contribution in [2.24, 2.45) is 5.73 Å². The van der Waals surface area contributed by atoms with E-state index in [-0.39, 0.29) is 6.04 Å². The Kier molecular flexibility index (Phi) is 4.07. The molecule has 0 spiro atoms. The molecule has 0 bridgehead atoms. The van der Waals surface area contributed by atoms with Crippen LogP contribution in [-0.2, 0) is 6.54 Å². The monoisotopic (exact) mass is 278 g/mol. The molecular weight excluding hydrogens is 260 g/mol. The summed E-state index contributed by atoms with van der Waals surface area (Å²) in [6, 6.07) is 14.2. The lowest BCUT2D eigenvalue weighted by atomic mass is 10.0. The topological polar surface area (TPSA) is 56.7 Å². The molecule has 21 heavy (non-hydrogen) atoms. The van der Waals surface area contributed by atoms with Crippen molar-refractivity contribution >= 4 is 0 Å². The second-order valence-corrected chi connectivity index (χ2v) is 5.02. The molecule has 0 saturated heterocycles. The summed E-state index contributed by atoms with van der Waals surface area (Å²) in [6.45, 7) is 0.834. The maximum atomic E-state index is 6.25. The molecular formula is C17H18N4. The Hall–Kier alpha value is -2.46. The Morgan fingerprint density at radius 2 is 1.86 bits per heavy atom. The zero-order valence-electron chi connectivity index (χ0n) is 11.8. The molecule has 0 amide bonds. The zero-order valence-corrected chi connectivity index (χ0v) is 11.8. The summed E-state index contributed by atoms with van der Waals surface area (Å²) in [6.07, 6.45) is 8.21. The van der Waals surface area contributed by atoms with Crippen molar-refractivity contribution in [2.45, 2.75) is 19.0 Å². The lowest BCUT2D eigenvalue weighted by Gasteiger charge is -2.14. The summed E-state index contributed by atoms with van der Waals surface area (Å²) >= 11 is 0. The smallest absolute Gasteiger partial charge is 0.0950 e. The number of rotatable bonds is 5. The van der Waals surface area contributed by atoms with Crippen molar-refractivity contribution < 1.29 is 0 Å². The van der Waals surface area contributed by atoms with Crippen LogP contribution >= 0.6 is 0 Å². The van der Waals surface area contributed by atoms with E-state index in [1.807, 2.05) is 49.1 Å². The number of pyridine rings is 1. The van der Waals surface area contributed by atoms with Crippen molar-refractivity contribution in [3.8, 4) is 11.3 Å². The standard InChI is InChI=1S/C17H18N4/c18-16(14-5-2-1-3-6-14)8-10-21-13-20-12-17(21)15-7-4-9-19-11-15/h1-7,9,11-13,16H,8,10,18H2. The molecule has 2 N–H and O–H groups in total. The van der Waals surface area contributed by atoms with E-state index in [1.165, 1.54) is 5.56 Å². The molecule has 0 radical (unpaired) electrons. The van der Waals surface area contributed by atoms with Crippen molar-refractivity contribution in [2.75, 3.05) is 0 Å². The molecule has 1 unspecified atom stereocenters. The van der Waals surface area contributed by atoms with Gasteiger partial charge in [0.05, 0.1) is 18.2 Å². The number of nitrogens with two attached hydrogens (primary N) is 1. The molecule has 1 atom stereocenters. The predicted octanol–water partition coefficient (Wildman–Crippen LogP) is 3.04. The third-order valence-electron chi connectivity index (χ3n) is 3.58. The van der Waals surface area contributed by atoms with Crippen LogP contribution in [-0.4, -0.2) is 14.5 Å². The summed E-state index contributed by atoms with van der Waals surface area (Å²) in [4.78, 5) is 8.40. The highest BCUT2D eigenvalue weighted by molar-refractivity contribution is 5.57. The number of hydrogen-bond acceptors (Lipinski definition) is 3. The minimum Gasteiger partial charge on any atom is -0.331 e. The zero-order chi connectivity index (χ0) is 14.5. The Balaban J connectivity index is 1.71. The average molecular weight is 278 g/mol. The molecule has 106 valence electrons. The van der Waals surface area contributed by atoms with Gasteiger partial charge in [-0.15, -0.1) is 0 Å². The highest BCUT2D eigenvalue weighted by atomic mass is 15.0. The van der Waals surface area contributed by atoms with Crippen LogP contribution in [0.3, 0.4) is 0 Å². The molecule has 3 rings (SSSR count). The maximum Gasteiger partial charge on any atom is 0.0950 e. The van der Waals surface area contributed by atoms with Gasteiger partial charge in [-0.3, -0.25) is 4.98 Å². The number of nitrogens with zero attached hydrogens (tertiary/aromatic N) is 3. The van der Waals surface area contributed by atoms with E-state index in [0.29, 0.717) is 0 Å². The maximum absolute atomic E-state index is 6.25. The highest BCUT2D eigenvalue weighted by Gasteiger charge is 2.09. The van der Waals surface area contributed by atoms with Crippen LogP contribution in [0.15, 0.2) is 67.4 Å². The van der Waals surface area contributed by atoms with Crippen molar-refractivity contribution in [3.05, 3.63) is 72.9 Å². The number of imidazole rings is 1. The first kappa shape index (κ1) is 13.5. The molecule has 4 nitrogen and oxygen atoms in total. The summed E-state index contributed by atoms with van der Waals surface area (Å²) in [5.74, 6) is 0. The van der Waals surface area contributed by atoms with E-state index in [1.54, 1.807) is 6.20 Å². The first-order chi connectivity index (χ1) is 10.3. The van der Waals surface area contributed by atoms with Gasteiger partial charge < -0.3 is 10.3 Å². The lowest BCUT2D eigenvalue weighted by molar-refractivity contribution is 0.563. The molecule has 0 aliphatic carbocycles. The summed E-state index contributed by atoms with van der Waals surface area (Å²) in [5, 5.41) is 0. The summed E-state index contributed by atoms with van der Waals surface area (Å²) in [7, 11) is 0. The molecule has 0 aliphatic rings. The Bertz CT molecular complexity index is 676. The number of aromatic nitrogens is 3. The predicted molar refractivity (Wildman–Crippen MR) is 83.4 cm³/mol. The number of benzene rings is 1. The van der Waals surface area contributed by atoms with Gasteiger partial charge in [-0.05, 0) is 24.1 Å². The van der Waals surface area contributed by atoms with Crippen LogP contribution in [0.1, 0.15) is 18.0 Å². The molecule has 0 fully saturated rings. The molecule has 3 aromatic rings. The van der Waals surface area contributed by atoms with E-state index in [0.717, 1.165) is 24.2 Å². The van der Waals surface area contributed by atoms with Crippen LogP contribution in [0.4, 0.5) is 0 Å². The molecule has 4 heteroatoms. The van der Waals surface area contributed by atoms with Gasteiger partial charge in [-0.1, -0.05) is 30.3 Å². The van der Waals surface area contributed by atoms with Crippen LogP contribution in [0.25, 0.3) is 11.3 Å². The largest absolute Gasteiger partial charge is 0.331 e. The van der Waals surface area contributed by atoms with Gasteiger partial charge in [0.2, 0.25) is 0 Å². The fourth-order valence-electron chi connectivity index (χ4n) is 2.40. The van der Waals surface area contributed by atoms with E-state index in [9.17, 15) is 0 Å². The molecule has 0 saturated carbocycles. The van der Waals surface area contributed by atoms with Crippen LogP contribution in [0.2, 0.25) is 0 Å². The van der Waals surface area contributed by atoms with Gasteiger partial charge in [0.15, 0.2) is 0 Å². The minimum atomic E-state index is 0.0374. The molecule has 0 aliphatic heterocycles. The van der Waals surface area contributed by atoms with Gasteiger partial charge in [-0.2, -0.15) is 0 Å². The number of hydrogen-bond donors (Lipinski definition) is 1. The van der Waals surface area contributed by atoms with Gasteiger partial charge in [0.25, 0.3) is 0 Å². The minimum absolute atomic E-state index is 0.0374. The Labute approximate surface area is 124 Å². The van der Waals surface area contributed by atoms with Gasteiger partial charge in [0.1, 0.15) is 0 Å². The van der Waals surface area contributed by atoms with Gasteiger partial charge in [-0.25, -0.2) is 4.98 Å². The summed E-state index contributed by atoms with van der Waals surface area (Å²) in [5.41, 5.74) is 9.57. The van der Waals surface area contributed by atoms with Crippen LogP contribution < -0.4 is 5.73 Å². The fourth-order valence-corrected chi connectivity index (χ4v) is 2.40. The van der Waals surface area contributed by atoms with E-state index in [4.69, 9.17) is 5.73 Å². The van der Waals surface area contributed by atoms with Crippen molar-refractivity contribution in [3.63, 3.8) is 0 Å². The van der Waals surface area contributed by atoms with Crippen molar-refractivity contribution in [1.82, 2.24) is 14.5 Å². The summed E-state index contributed by atoms with van der Waals surface area (Å²) < 4.78 is 2.12. The highest BCUT2D eigenvalue weighted by Crippen LogP contribution is 2.20.